The van der Waals surface area contributed by atoms with Crippen LogP contribution in [-0.2, 0) is 17.9 Å². The molecular weight excluding hydrogens is 350 g/mol. The highest BCUT2D eigenvalue weighted by Gasteiger charge is 2.29. The zero-order chi connectivity index (χ0) is 19.3. The summed E-state index contributed by atoms with van der Waals surface area (Å²) in [6, 6.07) is 16.5. The van der Waals surface area contributed by atoms with Crippen molar-refractivity contribution in [3.63, 3.8) is 0 Å². The maximum absolute atomic E-state index is 12.6. The summed E-state index contributed by atoms with van der Waals surface area (Å²) in [5, 5.41) is 3.08. The van der Waals surface area contributed by atoms with E-state index in [2.05, 4.69) is 64.5 Å². The summed E-state index contributed by atoms with van der Waals surface area (Å²) in [6.07, 6.45) is 6.24. The van der Waals surface area contributed by atoms with Crippen molar-refractivity contribution >= 4 is 5.91 Å². The van der Waals surface area contributed by atoms with Crippen LogP contribution in [0.15, 0.2) is 67.3 Å². The van der Waals surface area contributed by atoms with Crippen molar-refractivity contribution in [1.82, 2.24) is 25.7 Å². The Balaban J connectivity index is 1.34. The van der Waals surface area contributed by atoms with Crippen molar-refractivity contribution in [2.24, 2.45) is 0 Å². The normalized spacial score (nSPS) is 18.9. The third kappa shape index (κ3) is 4.30. The minimum Gasteiger partial charge on any atom is -0.351 e. The number of carbonyl (C=O) groups is 1. The standard InChI is InChI=1S/C22H25N5O/c1-16-6-8-17(9-7-16)20-12-21(26-25-20)22(28)24-13-18-4-2-3-5-19(18)14-27-11-10-23-15-27/h2-11,15,20-21,25-26H,12-14H2,1H3,(H,24,28). The van der Waals surface area contributed by atoms with Crippen LogP contribution in [0.1, 0.15) is 34.7 Å². The molecule has 4 rings (SSSR count). The van der Waals surface area contributed by atoms with Crippen molar-refractivity contribution in [3.8, 4) is 0 Å². The number of aryl methyl sites for hydroxylation is 1. The Morgan fingerprint density at radius 3 is 2.68 bits per heavy atom. The van der Waals surface area contributed by atoms with Crippen LogP contribution in [-0.4, -0.2) is 21.5 Å². The summed E-state index contributed by atoms with van der Waals surface area (Å²) in [5.41, 5.74) is 11.1. The Hall–Kier alpha value is -2.96. The molecule has 2 unspecified atom stereocenters. The van der Waals surface area contributed by atoms with E-state index in [1.807, 2.05) is 22.9 Å². The average molecular weight is 375 g/mol. The SMILES string of the molecule is Cc1ccc(C2CC(C(=O)NCc3ccccc3Cn3ccnc3)NN2)cc1. The number of aromatic nitrogens is 2. The molecule has 6 heteroatoms. The van der Waals surface area contributed by atoms with Gasteiger partial charge in [0.05, 0.1) is 6.33 Å². The molecule has 1 aromatic heterocycles. The number of hydrogen-bond donors (Lipinski definition) is 3. The Kier molecular flexibility index (Phi) is 5.50. The molecule has 0 saturated carbocycles. The molecule has 0 spiro atoms. The van der Waals surface area contributed by atoms with Crippen molar-refractivity contribution in [2.75, 3.05) is 0 Å². The lowest BCUT2D eigenvalue weighted by Gasteiger charge is -2.14. The van der Waals surface area contributed by atoms with Crippen LogP contribution < -0.4 is 16.2 Å². The van der Waals surface area contributed by atoms with Gasteiger partial charge in [-0.2, -0.15) is 0 Å². The molecular formula is C22H25N5O. The van der Waals surface area contributed by atoms with Crippen molar-refractivity contribution in [3.05, 3.63) is 89.5 Å². The second kappa shape index (κ2) is 8.37. The van der Waals surface area contributed by atoms with E-state index >= 15 is 0 Å². The Bertz CT molecular complexity index is 920. The van der Waals surface area contributed by atoms with Gasteiger partial charge in [-0.05, 0) is 30.0 Å². The molecule has 1 saturated heterocycles. The highest BCUT2D eigenvalue weighted by Crippen LogP contribution is 2.22. The predicted molar refractivity (Wildman–Crippen MR) is 108 cm³/mol. The zero-order valence-corrected chi connectivity index (χ0v) is 15.9. The highest BCUT2D eigenvalue weighted by atomic mass is 16.2. The Labute approximate surface area is 165 Å². The number of benzene rings is 2. The lowest BCUT2D eigenvalue weighted by molar-refractivity contribution is -0.123. The molecule has 6 nitrogen and oxygen atoms in total. The van der Waals surface area contributed by atoms with Crippen LogP contribution >= 0.6 is 0 Å². The summed E-state index contributed by atoms with van der Waals surface area (Å²) >= 11 is 0. The van der Waals surface area contributed by atoms with Gasteiger partial charge in [0, 0.05) is 31.5 Å². The number of nitrogens with zero attached hydrogens (tertiary/aromatic N) is 2. The fourth-order valence-electron chi connectivity index (χ4n) is 3.51. The third-order valence-corrected chi connectivity index (χ3v) is 5.18. The van der Waals surface area contributed by atoms with E-state index in [9.17, 15) is 4.79 Å². The van der Waals surface area contributed by atoms with Gasteiger partial charge in [-0.25, -0.2) is 15.8 Å². The highest BCUT2D eigenvalue weighted by molar-refractivity contribution is 5.82. The number of hydrogen-bond acceptors (Lipinski definition) is 4. The number of carbonyl (C=O) groups excluding carboxylic acids is 1. The summed E-state index contributed by atoms with van der Waals surface area (Å²) in [6.45, 7) is 3.33. The molecule has 0 aliphatic carbocycles. The lowest BCUT2D eigenvalue weighted by Crippen LogP contribution is -2.43. The van der Waals surface area contributed by atoms with Crippen LogP contribution in [0.5, 0.6) is 0 Å². The molecule has 2 aromatic carbocycles. The number of amides is 1. The van der Waals surface area contributed by atoms with Gasteiger partial charge in [0.25, 0.3) is 0 Å². The van der Waals surface area contributed by atoms with Gasteiger partial charge < -0.3 is 9.88 Å². The van der Waals surface area contributed by atoms with E-state index in [-0.39, 0.29) is 18.0 Å². The monoisotopic (exact) mass is 375 g/mol. The fourth-order valence-corrected chi connectivity index (χ4v) is 3.51. The van der Waals surface area contributed by atoms with Gasteiger partial charge in [0.2, 0.25) is 5.91 Å². The molecule has 1 aliphatic rings. The first-order valence-corrected chi connectivity index (χ1v) is 9.57. The molecule has 2 heterocycles. The van der Waals surface area contributed by atoms with Crippen molar-refractivity contribution in [2.45, 2.75) is 38.5 Å². The van der Waals surface area contributed by atoms with Gasteiger partial charge in [0.1, 0.15) is 6.04 Å². The summed E-state index contributed by atoms with van der Waals surface area (Å²) in [4.78, 5) is 16.7. The first-order chi connectivity index (χ1) is 13.7. The number of imidazole rings is 1. The quantitative estimate of drug-likeness (QED) is 0.619. The maximum Gasteiger partial charge on any atom is 0.238 e. The van der Waals surface area contributed by atoms with Crippen LogP contribution in [0.3, 0.4) is 0 Å². The van der Waals surface area contributed by atoms with Crippen LogP contribution in [0.25, 0.3) is 0 Å². The van der Waals surface area contributed by atoms with E-state index in [0.29, 0.717) is 6.54 Å². The van der Waals surface area contributed by atoms with E-state index in [1.54, 1.807) is 12.5 Å². The first-order valence-electron chi connectivity index (χ1n) is 9.57. The molecule has 1 amide bonds. The van der Waals surface area contributed by atoms with Crippen LogP contribution in [0.4, 0.5) is 0 Å². The van der Waals surface area contributed by atoms with E-state index in [0.717, 1.165) is 18.5 Å². The number of nitrogens with one attached hydrogen (secondary N) is 3. The van der Waals surface area contributed by atoms with E-state index in [1.165, 1.54) is 16.7 Å². The summed E-state index contributed by atoms with van der Waals surface area (Å²) in [7, 11) is 0. The molecule has 3 N–H and O–H groups in total. The largest absolute Gasteiger partial charge is 0.351 e. The fraction of sp³-hybridized carbons (Fsp3) is 0.273. The van der Waals surface area contributed by atoms with Gasteiger partial charge in [0.15, 0.2) is 0 Å². The second-order valence-electron chi connectivity index (χ2n) is 7.26. The van der Waals surface area contributed by atoms with Crippen molar-refractivity contribution in [1.29, 1.82) is 0 Å². The third-order valence-electron chi connectivity index (χ3n) is 5.18. The molecule has 28 heavy (non-hydrogen) atoms. The smallest absolute Gasteiger partial charge is 0.238 e. The molecule has 1 aliphatic heterocycles. The molecule has 2 atom stereocenters. The van der Waals surface area contributed by atoms with Gasteiger partial charge in [-0.15, -0.1) is 0 Å². The Morgan fingerprint density at radius 1 is 1.14 bits per heavy atom. The first kappa shape index (κ1) is 18.4. The van der Waals surface area contributed by atoms with E-state index < -0.39 is 0 Å². The zero-order valence-electron chi connectivity index (χ0n) is 15.9. The lowest BCUT2D eigenvalue weighted by atomic mass is 10.0. The maximum atomic E-state index is 12.6. The molecule has 1 fully saturated rings. The van der Waals surface area contributed by atoms with Gasteiger partial charge in [-0.3, -0.25) is 4.79 Å². The van der Waals surface area contributed by atoms with E-state index in [4.69, 9.17) is 0 Å². The summed E-state index contributed by atoms with van der Waals surface area (Å²) in [5.74, 6) is 0.0135. The molecule has 144 valence electrons. The van der Waals surface area contributed by atoms with Gasteiger partial charge >= 0.3 is 0 Å². The minimum absolute atomic E-state index is 0.0135. The number of hydrazine groups is 1. The second-order valence-corrected chi connectivity index (χ2v) is 7.26. The van der Waals surface area contributed by atoms with Crippen LogP contribution in [0, 0.1) is 6.92 Å². The predicted octanol–water partition coefficient (Wildman–Crippen LogP) is 2.46. The van der Waals surface area contributed by atoms with Gasteiger partial charge in [-0.1, -0.05) is 54.1 Å². The van der Waals surface area contributed by atoms with Crippen LogP contribution in [0.2, 0.25) is 0 Å². The molecule has 0 radical (unpaired) electrons. The molecule has 0 bridgehead atoms. The summed E-state index contributed by atoms with van der Waals surface area (Å²) < 4.78 is 2.02. The van der Waals surface area contributed by atoms with Crippen molar-refractivity contribution < 1.29 is 4.79 Å². The topological polar surface area (TPSA) is 71.0 Å². The minimum atomic E-state index is -0.243. The number of rotatable bonds is 6. The average Bonchev–Trinajstić information content (AvgIpc) is 3.40. The molecule has 3 aromatic rings. The Morgan fingerprint density at radius 2 is 1.93 bits per heavy atom.